The average Bonchev–Trinajstić information content (AvgIpc) is 3.12. The molecule has 2 aromatic heterocycles. The van der Waals surface area contributed by atoms with E-state index in [9.17, 15) is 18.4 Å². The lowest BCUT2D eigenvalue weighted by molar-refractivity contribution is -0.118. The van der Waals surface area contributed by atoms with Gasteiger partial charge in [0.1, 0.15) is 18.1 Å². The molecule has 200 valence electrons. The Labute approximate surface area is 222 Å². The number of anilines is 1. The smallest absolute Gasteiger partial charge is 0.319 e. The highest BCUT2D eigenvalue weighted by Gasteiger charge is 2.19. The van der Waals surface area contributed by atoms with Crippen LogP contribution in [0.25, 0.3) is 11.0 Å². The van der Waals surface area contributed by atoms with Crippen molar-refractivity contribution in [2.75, 3.05) is 18.5 Å². The van der Waals surface area contributed by atoms with Gasteiger partial charge in [-0.2, -0.15) is 0 Å². The molecule has 0 saturated heterocycles. The lowest BCUT2D eigenvalue weighted by Crippen LogP contribution is -2.30. The van der Waals surface area contributed by atoms with Crippen LogP contribution in [0.15, 0.2) is 35.1 Å². The van der Waals surface area contributed by atoms with E-state index in [1.165, 1.54) is 12.3 Å². The lowest BCUT2D eigenvalue weighted by Gasteiger charge is -2.15. The average molecular weight is 599 g/mol. The molecule has 0 saturated carbocycles. The summed E-state index contributed by atoms with van der Waals surface area (Å²) in [5.41, 5.74) is 5.47. The van der Waals surface area contributed by atoms with E-state index in [4.69, 9.17) is 15.2 Å². The molecule has 1 aromatic carbocycles. The molecule has 0 bridgehead atoms. The third-order valence-corrected chi connectivity index (χ3v) is 7.56. The van der Waals surface area contributed by atoms with Gasteiger partial charge in [-0.1, -0.05) is 19.6 Å². The van der Waals surface area contributed by atoms with Gasteiger partial charge in [-0.25, -0.2) is 18.6 Å². The molecule has 0 unspecified atom stereocenters. The summed E-state index contributed by atoms with van der Waals surface area (Å²) >= 11 is 3.48. The predicted octanol–water partition coefficient (Wildman–Crippen LogP) is 5.57. The summed E-state index contributed by atoms with van der Waals surface area (Å²) in [6.45, 7) is 7.90. The number of aromatic nitrogens is 2. The summed E-state index contributed by atoms with van der Waals surface area (Å²) in [4.78, 5) is 27.1. The number of rotatable bonds is 12. The highest BCUT2D eigenvalue weighted by atomic mass is 79.9. The summed E-state index contributed by atoms with van der Waals surface area (Å²) in [7, 11) is -1.22. The molecule has 4 N–H and O–H groups in total. The van der Waals surface area contributed by atoms with Gasteiger partial charge in [0.15, 0.2) is 17.4 Å². The SMILES string of the molecule is C[Si](C)(C)CCOCn1cc(Br)c2c(Oc3c(F)cc(NC(=O)NCCCC(N)=O)cc3F)ccnc21. The second-order valence-electron chi connectivity index (χ2n) is 9.62. The number of amides is 3. The van der Waals surface area contributed by atoms with Crippen LogP contribution in [0.5, 0.6) is 11.5 Å². The monoisotopic (exact) mass is 597 g/mol. The number of ether oxygens (including phenoxy) is 2. The second-order valence-corrected chi connectivity index (χ2v) is 16.1. The fraction of sp³-hybridized carbons (Fsp3) is 0.375. The van der Waals surface area contributed by atoms with Gasteiger partial charge in [0.05, 0.1) is 5.39 Å². The van der Waals surface area contributed by atoms with Crippen LogP contribution in [-0.4, -0.2) is 42.7 Å². The fourth-order valence-electron chi connectivity index (χ4n) is 3.34. The molecule has 0 radical (unpaired) electrons. The van der Waals surface area contributed by atoms with Crippen molar-refractivity contribution in [3.63, 3.8) is 0 Å². The number of nitrogens with zero attached hydrogens (tertiary/aromatic N) is 2. The van der Waals surface area contributed by atoms with Gasteiger partial charge in [0.2, 0.25) is 5.91 Å². The normalized spacial score (nSPS) is 11.5. The number of pyridine rings is 1. The maximum absolute atomic E-state index is 14.8. The zero-order chi connectivity index (χ0) is 27.2. The number of urea groups is 1. The summed E-state index contributed by atoms with van der Waals surface area (Å²) in [5.74, 6) is -2.91. The molecule has 3 aromatic rings. The Kier molecular flexibility index (Phi) is 9.62. The van der Waals surface area contributed by atoms with Crippen LogP contribution >= 0.6 is 15.9 Å². The summed E-state index contributed by atoms with van der Waals surface area (Å²) in [5, 5.41) is 5.36. The van der Waals surface area contributed by atoms with Crippen molar-refractivity contribution in [1.82, 2.24) is 14.9 Å². The Hall–Kier alpha value is -3.03. The van der Waals surface area contributed by atoms with Crippen molar-refractivity contribution in [3.8, 4) is 11.5 Å². The van der Waals surface area contributed by atoms with Crippen LogP contribution < -0.4 is 21.1 Å². The third-order valence-electron chi connectivity index (χ3n) is 5.25. The molecule has 3 rings (SSSR count). The van der Waals surface area contributed by atoms with E-state index in [0.717, 1.165) is 18.2 Å². The van der Waals surface area contributed by atoms with Gasteiger partial charge in [-0.05, 0) is 34.5 Å². The maximum atomic E-state index is 14.8. The fourth-order valence-corrected chi connectivity index (χ4v) is 4.72. The van der Waals surface area contributed by atoms with Gasteiger partial charge in [-0.3, -0.25) is 4.79 Å². The minimum Gasteiger partial charge on any atom is -0.450 e. The largest absolute Gasteiger partial charge is 0.450 e. The van der Waals surface area contributed by atoms with E-state index in [1.807, 2.05) is 0 Å². The number of hydrogen-bond donors (Lipinski definition) is 3. The quantitative estimate of drug-likeness (QED) is 0.186. The van der Waals surface area contributed by atoms with Gasteiger partial charge in [0.25, 0.3) is 0 Å². The number of benzene rings is 1. The molecule has 0 aliphatic rings. The van der Waals surface area contributed by atoms with E-state index in [2.05, 4.69) is 51.2 Å². The second kappa shape index (κ2) is 12.5. The van der Waals surface area contributed by atoms with E-state index in [0.29, 0.717) is 28.5 Å². The van der Waals surface area contributed by atoms with Crippen molar-refractivity contribution in [3.05, 3.63) is 46.7 Å². The number of hydrogen-bond acceptors (Lipinski definition) is 5. The molecule has 0 atom stereocenters. The van der Waals surface area contributed by atoms with Gasteiger partial charge < -0.3 is 30.4 Å². The first kappa shape index (κ1) is 28.5. The van der Waals surface area contributed by atoms with Crippen LogP contribution in [-0.2, 0) is 16.3 Å². The molecule has 9 nitrogen and oxygen atoms in total. The standard InChI is InChI=1S/C24H30BrF2N5O4Si/c1-37(2,3)10-9-35-14-32-13-16(25)21-19(6-8-29-23(21)32)36-22-17(26)11-15(12-18(22)27)31-24(34)30-7-4-5-20(28)33/h6,8,11-13H,4-5,7,9-10,14H2,1-3H3,(H2,28,33)(H2,30,31,34). The number of fused-ring (bicyclic) bond motifs is 1. The Morgan fingerprint density at radius 2 is 1.92 bits per heavy atom. The number of carbonyl (C=O) groups excluding carboxylic acids is 2. The third kappa shape index (κ3) is 8.23. The number of nitrogens with one attached hydrogen (secondary N) is 2. The zero-order valence-electron chi connectivity index (χ0n) is 20.9. The van der Waals surface area contributed by atoms with Crippen LogP contribution in [0.3, 0.4) is 0 Å². The Morgan fingerprint density at radius 3 is 2.57 bits per heavy atom. The van der Waals surface area contributed by atoms with Gasteiger partial charge in [-0.15, -0.1) is 0 Å². The predicted molar refractivity (Wildman–Crippen MR) is 143 cm³/mol. The summed E-state index contributed by atoms with van der Waals surface area (Å²) in [6, 6.07) is 3.76. The molecule has 0 aliphatic carbocycles. The molecule has 0 aliphatic heterocycles. The van der Waals surface area contributed by atoms with Crippen molar-refractivity contribution in [1.29, 1.82) is 0 Å². The van der Waals surface area contributed by atoms with Gasteiger partial charge >= 0.3 is 6.03 Å². The van der Waals surface area contributed by atoms with Crippen LogP contribution in [0.2, 0.25) is 25.7 Å². The minimum atomic E-state index is -1.22. The first-order chi connectivity index (χ1) is 17.4. The maximum Gasteiger partial charge on any atom is 0.319 e. The summed E-state index contributed by atoms with van der Waals surface area (Å²) < 4.78 is 43.5. The number of primary amides is 1. The molecular formula is C24H30BrF2N5O4Si. The topological polar surface area (TPSA) is 120 Å². The number of carbonyl (C=O) groups is 2. The number of halogens is 3. The first-order valence-corrected chi connectivity index (χ1v) is 16.2. The van der Waals surface area contributed by atoms with E-state index < -0.39 is 37.4 Å². The molecular weight excluding hydrogens is 568 g/mol. The van der Waals surface area contributed by atoms with E-state index >= 15 is 0 Å². The van der Waals surface area contributed by atoms with Crippen LogP contribution in [0.4, 0.5) is 19.3 Å². The molecule has 0 spiro atoms. The van der Waals surface area contributed by atoms with Crippen molar-refractivity contribution < 1.29 is 27.8 Å². The molecule has 0 fully saturated rings. The minimum absolute atomic E-state index is 0.0996. The van der Waals surface area contributed by atoms with Crippen molar-refractivity contribution in [2.45, 2.75) is 45.3 Å². The van der Waals surface area contributed by atoms with Crippen molar-refractivity contribution >= 4 is 52.7 Å². The van der Waals surface area contributed by atoms with Gasteiger partial charge in [0, 0.05) is 62.3 Å². The summed E-state index contributed by atoms with van der Waals surface area (Å²) in [6.07, 6.45) is 3.72. The molecule has 3 amide bonds. The Balaban J connectivity index is 1.71. The highest BCUT2D eigenvalue weighted by Crippen LogP contribution is 2.37. The highest BCUT2D eigenvalue weighted by molar-refractivity contribution is 9.10. The first-order valence-electron chi connectivity index (χ1n) is 11.7. The van der Waals surface area contributed by atoms with E-state index in [-0.39, 0.29) is 31.1 Å². The molecule has 37 heavy (non-hydrogen) atoms. The lowest BCUT2D eigenvalue weighted by atomic mass is 10.2. The molecule has 13 heteroatoms. The number of nitrogens with two attached hydrogens (primary N) is 1. The van der Waals surface area contributed by atoms with Crippen LogP contribution in [0, 0.1) is 11.6 Å². The van der Waals surface area contributed by atoms with E-state index in [1.54, 1.807) is 10.8 Å². The van der Waals surface area contributed by atoms with Crippen molar-refractivity contribution in [2.24, 2.45) is 5.73 Å². The Bertz CT molecular complexity index is 1260. The molecule has 2 heterocycles. The van der Waals surface area contributed by atoms with Crippen LogP contribution in [0.1, 0.15) is 12.8 Å². The Morgan fingerprint density at radius 1 is 1.22 bits per heavy atom. The zero-order valence-corrected chi connectivity index (χ0v) is 23.5.